The molecule has 2 aromatic rings. The van der Waals surface area contributed by atoms with Crippen LogP contribution in [0.25, 0.3) is 0 Å². The van der Waals surface area contributed by atoms with E-state index in [0.717, 1.165) is 24.6 Å². The van der Waals surface area contributed by atoms with Crippen LogP contribution in [0.3, 0.4) is 0 Å². The highest BCUT2D eigenvalue weighted by atomic mass is 32.1. The van der Waals surface area contributed by atoms with Gasteiger partial charge in [0.1, 0.15) is 10.8 Å². The number of likely N-dealkylation sites (tertiary alicyclic amines) is 1. The molecule has 2 heterocycles. The second-order valence-electron chi connectivity index (χ2n) is 6.01. The molecular formula is C18H21FN2OS. The minimum Gasteiger partial charge on any atom is -0.313 e. The fourth-order valence-electron chi connectivity index (χ4n) is 2.95. The van der Waals surface area contributed by atoms with Gasteiger partial charge < -0.3 is 5.32 Å². The monoisotopic (exact) mass is 332 g/mol. The molecule has 3 rings (SSSR count). The van der Waals surface area contributed by atoms with E-state index in [2.05, 4.69) is 24.1 Å². The van der Waals surface area contributed by atoms with Crippen LogP contribution in [0.1, 0.15) is 39.2 Å². The third-order valence-corrected chi connectivity index (χ3v) is 5.60. The lowest BCUT2D eigenvalue weighted by Crippen LogP contribution is -2.20. The Labute approximate surface area is 140 Å². The van der Waals surface area contributed by atoms with Crippen molar-refractivity contribution in [1.82, 2.24) is 4.90 Å². The SMILES string of the molecule is Cc1sc(NC(=O)c2ccccc2F)c(CN2CCCC2)c1C. The van der Waals surface area contributed by atoms with Gasteiger partial charge in [0.25, 0.3) is 5.91 Å². The van der Waals surface area contributed by atoms with Gasteiger partial charge in [-0.1, -0.05) is 12.1 Å². The first-order valence-electron chi connectivity index (χ1n) is 7.93. The number of nitrogens with one attached hydrogen (secondary N) is 1. The standard InChI is InChI=1S/C18H21FN2OS/c1-12-13(2)23-18(15(12)11-21-9-5-6-10-21)20-17(22)14-7-3-4-8-16(14)19/h3-4,7-8H,5-6,9-11H2,1-2H3,(H,20,22). The van der Waals surface area contributed by atoms with Gasteiger partial charge in [-0.25, -0.2) is 4.39 Å². The Morgan fingerprint density at radius 2 is 1.96 bits per heavy atom. The summed E-state index contributed by atoms with van der Waals surface area (Å²) < 4.78 is 13.8. The second-order valence-corrected chi connectivity index (χ2v) is 7.23. The van der Waals surface area contributed by atoms with Crippen LogP contribution in [-0.2, 0) is 6.54 Å². The molecule has 1 fully saturated rings. The molecule has 3 nitrogen and oxygen atoms in total. The molecule has 1 saturated heterocycles. The van der Waals surface area contributed by atoms with Crippen LogP contribution in [0.15, 0.2) is 24.3 Å². The molecule has 122 valence electrons. The third kappa shape index (κ3) is 3.46. The molecule has 0 aliphatic carbocycles. The Balaban J connectivity index is 1.83. The largest absolute Gasteiger partial charge is 0.313 e. The number of amides is 1. The summed E-state index contributed by atoms with van der Waals surface area (Å²) in [5.41, 5.74) is 2.48. The van der Waals surface area contributed by atoms with Crippen LogP contribution in [-0.4, -0.2) is 23.9 Å². The van der Waals surface area contributed by atoms with Crippen molar-refractivity contribution in [3.63, 3.8) is 0 Å². The summed E-state index contributed by atoms with van der Waals surface area (Å²) in [4.78, 5) is 16.0. The molecule has 1 amide bonds. The van der Waals surface area contributed by atoms with Gasteiger partial charge in [0.05, 0.1) is 5.56 Å². The number of rotatable bonds is 4. The van der Waals surface area contributed by atoms with Crippen molar-refractivity contribution in [2.24, 2.45) is 0 Å². The maximum absolute atomic E-state index is 13.8. The number of hydrogen-bond acceptors (Lipinski definition) is 3. The van der Waals surface area contributed by atoms with Crippen molar-refractivity contribution < 1.29 is 9.18 Å². The van der Waals surface area contributed by atoms with E-state index < -0.39 is 5.82 Å². The number of nitrogens with zero attached hydrogens (tertiary/aromatic N) is 1. The van der Waals surface area contributed by atoms with Gasteiger partial charge in [-0.3, -0.25) is 9.69 Å². The van der Waals surface area contributed by atoms with Gasteiger partial charge in [-0.05, 0) is 57.5 Å². The second kappa shape index (κ2) is 6.81. The van der Waals surface area contributed by atoms with Crippen LogP contribution >= 0.6 is 11.3 Å². The number of aryl methyl sites for hydroxylation is 1. The number of carbonyl (C=O) groups excluding carboxylic acids is 1. The molecular weight excluding hydrogens is 311 g/mol. The summed E-state index contributed by atoms with van der Waals surface area (Å²) in [6.45, 7) is 7.22. The van der Waals surface area contributed by atoms with E-state index in [0.29, 0.717) is 0 Å². The zero-order chi connectivity index (χ0) is 16.4. The first-order valence-corrected chi connectivity index (χ1v) is 8.75. The first-order chi connectivity index (χ1) is 11.1. The number of anilines is 1. The lowest BCUT2D eigenvalue weighted by molar-refractivity contribution is 0.102. The average molecular weight is 332 g/mol. The van der Waals surface area contributed by atoms with Gasteiger partial charge in [-0.15, -0.1) is 11.3 Å². The maximum Gasteiger partial charge on any atom is 0.259 e. The van der Waals surface area contributed by atoms with E-state index in [1.165, 1.54) is 41.0 Å². The predicted molar refractivity (Wildman–Crippen MR) is 92.7 cm³/mol. The van der Waals surface area contributed by atoms with Crippen molar-refractivity contribution in [2.75, 3.05) is 18.4 Å². The molecule has 1 aromatic heterocycles. The number of hydrogen-bond donors (Lipinski definition) is 1. The molecule has 0 spiro atoms. The van der Waals surface area contributed by atoms with Crippen molar-refractivity contribution in [3.05, 3.63) is 51.7 Å². The molecule has 0 saturated carbocycles. The molecule has 5 heteroatoms. The maximum atomic E-state index is 13.8. The Morgan fingerprint density at radius 1 is 1.26 bits per heavy atom. The number of benzene rings is 1. The van der Waals surface area contributed by atoms with Crippen molar-refractivity contribution >= 4 is 22.2 Å². The minimum absolute atomic E-state index is 0.0864. The molecule has 0 radical (unpaired) electrons. The lowest BCUT2D eigenvalue weighted by Gasteiger charge is -2.16. The van der Waals surface area contributed by atoms with Crippen LogP contribution < -0.4 is 5.32 Å². The van der Waals surface area contributed by atoms with Gasteiger partial charge in [0.15, 0.2) is 0 Å². The summed E-state index contributed by atoms with van der Waals surface area (Å²) in [7, 11) is 0. The summed E-state index contributed by atoms with van der Waals surface area (Å²) in [5, 5.41) is 3.76. The Morgan fingerprint density at radius 3 is 2.65 bits per heavy atom. The van der Waals surface area contributed by atoms with Crippen molar-refractivity contribution in [2.45, 2.75) is 33.2 Å². The first kappa shape index (κ1) is 16.1. The Hall–Kier alpha value is -1.72. The van der Waals surface area contributed by atoms with E-state index in [1.807, 2.05) is 0 Å². The normalized spacial score (nSPS) is 15.1. The summed E-state index contributed by atoms with van der Waals surface area (Å²) in [6.07, 6.45) is 2.47. The Bertz CT molecular complexity index is 720. The molecule has 1 N–H and O–H groups in total. The van der Waals surface area contributed by atoms with E-state index in [-0.39, 0.29) is 11.5 Å². The molecule has 23 heavy (non-hydrogen) atoms. The minimum atomic E-state index is -0.490. The highest BCUT2D eigenvalue weighted by molar-refractivity contribution is 7.16. The van der Waals surface area contributed by atoms with Crippen molar-refractivity contribution in [3.8, 4) is 0 Å². The zero-order valence-electron chi connectivity index (χ0n) is 13.5. The molecule has 0 unspecified atom stereocenters. The number of halogens is 1. The predicted octanol–water partition coefficient (Wildman–Crippen LogP) is 4.35. The Kier molecular flexibility index (Phi) is 4.78. The van der Waals surface area contributed by atoms with E-state index >= 15 is 0 Å². The third-order valence-electron chi connectivity index (χ3n) is 4.44. The molecule has 0 bridgehead atoms. The quantitative estimate of drug-likeness (QED) is 0.902. The lowest BCUT2D eigenvalue weighted by atomic mass is 10.1. The molecule has 1 aromatic carbocycles. The fraction of sp³-hybridized carbons (Fsp3) is 0.389. The van der Waals surface area contributed by atoms with Gasteiger partial charge in [0, 0.05) is 17.0 Å². The highest BCUT2D eigenvalue weighted by Gasteiger charge is 2.20. The van der Waals surface area contributed by atoms with Crippen LogP contribution in [0.2, 0.25) is 0 Å². The van der Waals surface area contributed by atoms with E-state index in [4.69, 9.17) is 0 Å². The van der Waals surface area contributed by atoms with Gasteiger partial charge in [-0.2, -0.15) is 0 Å². The fourth-order valence-corrected chi connectivity index (χ4v) is 4.01. The van der Waals surface area contributed by atoms with E-state index in [9.17, 15) is 9.18 Å². The number of carbonyl (C=O) groups is 1. The average Bonchev–Trinajstić information content (AvgIpc) is 3.12. The smallest absolute Gasteiger partial charge is 0.259 e. The molecule has 1 aliphatic heterocycles. The zero-order valence-corrected chi connectivity index (χ0v) is 14.3. The van der Waals surface area contributed by atoms with Crippen LogP contribution in [0.5, 0.6) is 0 Å². The highest BCUT2D eigenvalue weighted by Crippen LogP contribution is 2.34. The summed E-state index contributed by atoms with van der Waals surface area (Å²) in [5.74, 6) is -0.872. The van der Waals surface area contributed by atoms with Crippen molar-refractivity contribution in [1.29, 1.82) is 0 Å². The topological polar surface area (TPSA) is 32.3 Å². The van der Waals surface area contributed by atoms with Gasteiger partial charge in [0.2, 0.25) is 0 Å². The van der Waals surface area contributed by atoms with Gasteiger partial charge >= 0.3 is 0 Å². The summed E-state index contributed by atoms with van der Waals surface area (Å²) in [6, 6.07) is 6.08. The van der Waals surface area contributed by atoms with E-state index in [1.54, 1.807) is 23.5 Å². The van der Waals surface area contributed by atoms with Crippen LogP contribution in [0.4, 0.5) is 9.39 Å². The van der Waals surface area contributed by atoms with Crippen LogP contribution in [0, 0.1) is 19.7 Å². The number of thiophene rings is 1. The molecule has 1 aliphatic rings. The summed E-state index contributed by atoms with van der Waals surface area (Å²) >= 11 is 1.57. The molecule has 0 atom stereocenters.